The molecule has 0 saturated carbocycles. The quantitative estimate of drug-likeness (QED) is 0.820. The smallest absolute Gasteiger partial charge is 0.409 e. The van der Waals surface area contributed by atoms with Gasteiger partial charge in [0, 0.05) is 63.6 Å². The topological polar surface area (TPSA) is 65.1 Å². The van der Waals surface area contributed by atoms with Gasteiger partial charge in [-0.25, -0.2) is 4.79 Å². The third-order valence-electron chi connectivity index (χ3n) is 5.87. The van der Waals surface area contributed by atoms with Crippen molar-refractivity contribution in [3.63, 3.8) is 0 Å². The van der Waals surface area contributed by atoms with E-state index < -0.39 is 0 Å². The number of anilines is 1. The molecule has 0 radical (unpaired) electrons. The van der Waals surface area contributed by atoms with Gasteiger partial charge in [0.05, 0.1) is 6.61 Å². The minimum absolute atomic E-state index is 0.0356. The highest BCUT2D eigenvalue weighted by Gasteiger charge is 2.27. The van der Waals surface area contributed by atoms with E-state index in [-0.39, 0.29) is 12.0 Å². The Labute approximate surface area is 174 Å². The van der Waals surface area contributed by atoms with E-state index in [0.717, 1.165) is 57.4 Å². The Morgan fingerprint density at radius 1 is 1.00 bits per heavy atom. The van der Waals surface area contributed by atoms with E-state index in [1.807, 2.05) is 24.0 Å². The number of piperidine rings is 2. The van der Waals surface area contributed by atoms with Crippen LogP contribution >= 0.6 is 0 Å². The lowest BCUT2D eigenvalue weighted by Gasteiger charge is -2.38. The monoisotopic (exact) mass is 402 g/mol. The highest BCUT2D eigenvalue weighted by atomic mass is 16.6. The summed E-state index contributed by atoms with van der Waals surface area (Å²) in [7, 11) is 3.55. The highest BCUT2D eigenvalue weighted by Crippen LogP contribution is 2.22. The lowest BCUT2D eigenvalue weighted by atomic mass is 9.99. The molecule has 0 aliphatic carbocycles. The molecule has 3 rings (SSSR count). The molecule has 1 N–H and O–H groups in total. The molecular weight excluding hydrogens is 368 g/mol. The first-order valence-electron chi connectivity index (χ1n) is 10.7. The van der Waals surface area contributed by atoms with Crippen LogP contribution in [-0.2, 0) is 4.74 Å². The zero-order chi connectivity index (χ0) is 20.8. The molecular formula is C22H34N4O3. The molecule has 2 aliphatic rings. The lowest BCUT2D eigenvalue weighted by Crippen LogP contribution is -2.50. The maximum absolute atomic E-state index is 12.0. The fraction of sp³-hybridized carbons (Fsp3) is 0.636. The van der Waals surface area contributed by atoms with Gasteiger partial charge < -0.3 is 24.8 Å². The van der Waals surface area contributed by atoms with Crippen molar-refractivity contribution in [3.05, 3.63) is 29.8 Å². The van der Waals surface area contributed by atoms with Gasteiger partial charge in [0.25, 0.3) is 5.91 Å². The third-order valence-corrected chi connectivity index (χ3v) is 5.87. The number of carbonyl (C=O) groups is 2. The number of rotatable bonds is 5. The Morgan fingerprint density at radius 2 is 1.55 bits per heavy atom. The van der Waals surface area contributed by atoms with Crippen LogP contribution < -0.4 is 10.2 Å². The molecule has 0 unspecified atom stereocenters. The molecule has 2 amide bonds. The number of hydrogen-bond donors (Lipinski definition) is 1. The van der Waals surface area contributed by atoms with Gasteiger partial charge in [-0.05, 0) is 56.9 Å². The number of likely N-dealkylation sites (tertiary alicyclic amines) is 1. The van der Waals surface area contributed by atoms with Crippen LogP contribution in [0.1, 0.15) is 43.0 Å². The van der Waals surface area contributed by atoms with Gasteiger partial charge in [-0.2, -0.15) is 0 Å². The molecule has 1 aromatic carbocycles. The van der Waals surface area contributed by atoms with Crippen molar-refractivity contribution >= 4 is 17.7 Å². The van der Waals surface area contributed by atoms with Crippen LogP contribution in [0.4, 0.5) is 10.5 Å². The van der Waals surface area contributed by atoms with Crippen molar-refractivity contribution in [3.8, 4) is 0 Å². The van der Waals surface area contributed by atoms with Crippen LogP contribution in [0.15, 0.2) is 24.3 Å². The van der Waals surface area contributed by atoms with Crippen molar-refractivity contribution in [2.24, 2.45) is 0 Å². The molecule has 0 spiro atoms. The Bertz CT molecular complexity index is 676. The van der Waals surface area contributed by atoms with Crippen molar-refractivity contribution < 1.29 is 14.3 Å². The summed E-state index contributed by atoms with van der Waals surface area (Å²) < 4.78 is 5.09. The Kier molecular flexibility index (Phi) is 7.36. The van der Waals surface area contributed by atoms with Crippen LogP contribution in [0, 0.1) is 0 Å². The predicted octanol–water partition coefficient (Wildman–Crippen LogP) is 2.57. The first-order valence-corrected chi connectivity index (χ1v) is 10.7. The largest absolute Gasteiger partial charge is 0.450 e. The number of nitrogens with zero attached hydrogens (tertiary/aromatic N) is 3. The van der Waals surface area contributed by atoms with Gasteiger partial charge in [0.1, 0.15) is 0 Å². The predicted molar refractivity (Wildman–Crippen MR) is 114 cm³/mol. The fourth-order valence-electron chi connectivity index (χ4n) is 4.15. The van der Waals surface area contributed by atoms with E-state index in [1.165, 1.54) is 5.69 Å². The lowest BCUT2D eigenvalue weighted by molar-refractivity contribution is 0.0827. The molecule has 160 valence electrons. The Morgan fingerprint density at radius 3 is 2.07 bits per heavy atom. The maximum Gasteiger partial charge on any atom is 0.409 e. The van der Waals surface area contributed by atoms with Crippen LogP contribution in [0.25, 0.3) is 0 Å². The summed E-state index contributed by atoms with van der Waals surface area (Å²) in [5.41, 5.74) is 1.91. The minimum Gasteiger partial charge on any atom is -0.450 e. The van der Waals surface area contributed by atoms with Crippen LogP contribution in [0.3, 0.4) is 0 Å². The molecule has 2 heterocycles. The van der Waals surface area contributed by atoms with Crippen molar-refractivity contribution in [1.29, 1.82) is 0 Å². The molecule has 1 aromatic rings. The van der Waals surface area contributed by atoms with E-state index in [0.29, 0.717) is 18.7 Å². The van der Waals surface area contributed by atoms with E-state index in [9.17, 15) is 9.59 Å². The molecule has 2 aliphatic heterocycles. The summed E-state index contributed by atoms with van der Waals surface area (Å²) in [4.78, 5) is 29.7. The van der Waals surface area contributed by atoms with Crippen molar-refractivity contribution in [1.82, 2.24) is 15.1 Å². The van der Waals surface area contributed by atoms with Crippen LogP contribution in [0.5, 0.6) is 0 Å². The number of carbonyl (C=O) groups excluding carboxylic acids is 2. The molecule has 2 fully saturated rings. The van der Waals surface area contributed by atoms with E-state index in [4.69, 9.17) is 4.74 Å². The summed E-state index contributed by atoms with van der Waals surface area (Å²) in [6, 6.07) is 8.94. The second-order valence-electron chi connectivity index (χ2n) is 8.13. The number of benzene rings is 1. The van der Waals surface area contributed by atoms with E-state index in [1.54, 1.807) is 19.0 Å². The minimum atomic E-state index is -0.183. The summed E-state index contributed by atoms with van der Waals surface area (Å²) in [6.07, 6.45) is 4.01. The number of ether oxygens (including phenoxy) is 1. The molecule has 2 saturated heterocycles. The molecule has 0 aromatic heterocycles. The average Bonchev–Trinajstić information content (AvgIpc) is 2.74. The zero-order valence-electron chi connectivity index (χ0n) is 17.9. The zero-order valence-corrected chi connectivity index (χ0v) is 17.9. The second kappa shape index (κ2) is 9.96. The number of nitrogens with one attached hydrogen (secondary N) is 1. The van der Waals surface area contributed by atoms with Crippen LogP contribution in [0.2, 0.25) is 0 Å². The van der Waals surface area contributed by atoms with Crippen molar-refractivity contribution in [2.75, 3.05) is 51.8 Å². The van der Waals surface area contributed by atoms with Gasteiger partial charge in [-0.3, -0.25) is 4.79 Å². The molecule has 7 nitrogen and oxygen atoms in total. The van der Waals surface area contributed by atoms with Gasteiger partial charge in [0.15, 0.2) is 0 Å². The standard InChI is InChI=1S/C22H34N4O3/c1-4-29-22(28)26-15-11-19(12-16-26)23-18-9-13-25(14-10-18)20-7-5-17(6-8-20)21(27)24(2)3/h5-8,18-19,23H,4,9-16H2,1-3H3. The normalized spacial score (nSPS) is 18.6. The summed E-state index contributed by atoms with van der Waals surface area (Å²) >= 11 is 0. The molecule has 29 heavy (non-hydrogen) atoms. The third kappa shape index (κ3) is 5.63. The molecule has 7 heteroatoms. The summed E-state index contributed by atoms with van der Waals surface area (Å²) in [5, 5.41) is 3.80. The van der Waals surface area contributed by atoms with Crippen molar-refractivity contribution in [2.45, 2.75) is 44.7 Å². The first kappa shape index (κ1) is 21.4. The Hall–Kier alpha value is -2.28. The second-order valence-corrected chi connectivity index (χ2v) is 8.13. The number of hydrogen-bond acceptors (Lipinski definition) is 5. The maximum atomic E-state index is 12.0. The number of amides is 2. The first-order chi connectivity index (χ1) is 14.0. The Balaban J connectivity index is 1.42. The fourth-order valence-corrected chi connectivity index (χ4v) is 4.15. The van der Waals surface area contributed by atoms with Gasteiger partial charge in [-0.1, -0.05) is 0 Å². The van der Waals surface area contributed by atoms with E-state index >= 15 is 0 Å². The highest BCUT2D eigenvalue weighted by molar-refractivity contribution is 5.94. The van der Waals surface area contributed by atoms with Gasteiger partial charge >= 0.3 is 6.09 Å². The SMILES string of the molecule is CCOC(=O)N1CCC(NC2CCN(c3ccc(C(=O)N(C)C)cc3)CC2)CC1. The average molecular weight is 403 g/mol. The van der Waals surface area contributed by atoms with Crippen LogP contribution in [-0.4, -0.2) is 80.8 Å². The summed E-state index contributed by atoms with van der Waals surface area (Å²) in [5.74, 6) is 0.0356. The summed E-state index contributed by atoms with van der Waals surface area (Å²) in [6.45, 7) is 5.85. The van der Waals surface area contributed by atoms with E-state index in [2.05, 4.69) is 22.3 Å². The van der Waals surface area contributed by atoms with Gasteiger partial charge in [0.2, 0.25) is 0 Å². The van der Waals surface area contributed by atoms with Gasteiger partial charge in [-0.15, -0.1) is 0 Å². The molecule has 0 bridgehead atoms. The molecule has 0 atom stereocenters.